The summed E-state index contributed by atoms with van der Waals surface area (Å²) in [4.78, 5) is 11.9. The molecule has 0 aromatic heterocycles. The molecular weight excluding hydrogens is 238 g/mol. The van der Waals surface area contributed by atoms with Crippen LogP contribution in [-0.2, 0) is 0 Å². The number of rotatable bonds is 8. The third kappa shape index (κ3) is 5.77. The van der Waals surface area contributed by atoms with Gasteiger partial charge in [-0.3, -0.25) is 4.79 Å². The van der Waals surface area contributed by atoms with Crippen molar-refractivity contribution in [2.24, 2.45) is 0 Å². The Labute approximate surface area is 116 Å². The largest absolute Gasteiger partial charge is 0.494 e. The van der Waals surface area contributed by atoms with Crippen molar-refractivity contribution < 1.29 is 9.53 Å². The molecule has 1 N–H and O–H groups in total. The zero-order valence-corrected chi connectivity index (χ0v) is 12.2. The maximum atomic E-state index is 11.9. The van der Waals surface area contributed by atoms with Crippen molar-refractivity contribution in [2.75, 3.05) is 6.61 Å². The lowest BCUT2D eigenvalue weighted by Crippen LogP contribution is -2.31. The molecule has 1 rings (SSSR count). The summed E-state index contributed by atoms with van der Waals surface area (Å²) in [6, 6.07) is 7.55. The van der Waals surface area contributed by atoms with Crippen LogP contribution < -0.4 is 10.1 Å². The van der Waals surface area contributed by atoms with Crippen LogP contribution in [0.5, 0.6) is 5.75 Å². The molecule has 1 aromatic rings. The standard InChI is InChI=1S/C16H25NO2/c1-4-6-7-12-19-15-10-8-14(9-11-15)16(18)17-13(3)5-2/h8-11,13H,4-7,12H2,1-3H3,(H,17,18). The second-order valence-corrected chi connectivity index (χ2v) is 4.86. The average molecular weight is 263 g/mol. The van der Waals surface area contributed by atoms with E-state index in [1.54, 1.807) is 0 Å². The lowest BCUT2D eigenvalue weighted by atomic mass is 10.2. The summed E-state index contributed by atoms with van der Waals surface area (Å²) in [5, 5.41) is 2.95. The number of unbranched alkanes of at least 4 members (excludes halogenated alkanes) is 2. The minimum absolute atomic E-state index is 0.0214. The van der Waals surface area contributed by atoms with E-state index in [0.29, 0.717) is 5.56 Å². The summed E-state index contributed by atoms with van der Waals surface area (Å²) in [7, 11) is 0. The number of nitrogens with one attached hydrogen (secondary N) is 1. The van der Waals surface area contributed by atoms with Gasteiger partial charge >= 0.3 is 0 Å². The van der Waals surface area contributed by atoms with Crippen molar-refractivity contribution in [3.63, 3.8) is 0 Å². The topological polar surface area (TPSA) is 38.3 Å². The van der Waals surface area contributed by atoms with Gasteiger partial charge in [0.1, 0.15) is 5.75 Å². The van der Waals surface area contributed by atoms with Crippen molar-refractivity contribution >= 4 is 5.91 Å². The summed E-state index contributed by atoms with van der Waals surface area (Å²) in [5.74, 6) is 0.808. The van der Waals surface area contributed by atoms with Crippen LogP contribution in [0.15, 0.2) is 24.3 Å². The van der Waals surface area contributed by atoms with Crippen LogP contribution in [-0.4, -0.2) is 18.6 Å². The normalized spacial score (nSPS) is 11.9. The Kier molecular flexibility index (Phi) is 7.01. The molecule has 0 aliphatic carbocycles. The van der Waals surface area contributed by atoms with Crippen molar-refractivity contribution in [2.45, 2.75) is 52.5 Å². The molecule has 1 unspecified atom stereocenters. The van der Waals surface area contributed by atoms with Gasteiger partial charge in [-0.1, -0.05) is 26.7 Å². The van der Waals surface area contributed by atoms with Gasteiger partial charge in [0.05, 0.1) is 6.61 Å². The Morgan fingerprint density at radius 3 is 2.47 bits per heavy atom. The van der Waals surface area contributed by atoms with Crippen LogP contribution in [0.4, 0.5) is 0 Å². The Balaban J connectivity index is 2.44. The van der Waals surface area contributed by atoms with E-state index in [0.717, 1.165) is 25.2 Å². The van der Waals surface area contributed by atoms with Crippen LogP contribution in [0.3, 0.4) is 0 Å². The third-order valence-corrected chi connectivity index (χ3v) is 3.12. The summed E-state index contributed by atoms with van der Waals surface area (Å²) < 4.78 is 5.61. The van der Waals surface area contributed by atoms with Crippen LogP contribution in [0, 0.1) is 0 Å². The monoisotopic (exact) mass is 263 g/mol. The van der Waals surface area contributed by atoms with E-state index < -0.39 is 0 Å². The first-order valence-electron chi connectivity index (χ1n) is 7.21. The van der Waals surface area contributed by atoms with Gasteiger partial charge in [-0.15, -0.1) is 0 Å². The average Bonchev–Trinajstić information content (AvgIpc) is 2.44. The first kappa shape index (κ1) is 15.5. The van der Waals surface area contributed by atoms with E-state index in [2.05, 4.69) is 19.2 Å². The van der Waals surface area contributed by atoms with Crippen molar-refractivity contribution in [3.05, 3.63) is 29.8 Å². The molecule has 3 heteroatoms. The lowest BCUT2D eigenvalue weighted by molar-refractivity contribution is 0.0939. The molecule has 1 aromatic carbocycles. The van der Waals surface area contributed by atoms with E-state index in [9.17, 15) is 4.79 Å². The minimum Gasteiger partial charge on any atom is -0.494 e. The number of hydrogen-bond acceptors (Lipinski definition) is 2. The van der Waals surface area contributed by atoms with Crippen molar-refractivity contribution in [1.29, 1.82) is 0 Å². The summed E-state index contributed by atoms with van der Waals surface area (Å²) in [6.45, 7) is 6.97. The molecule has 1 amide bonds. The zero-order chi connectivity index (χ0) is 14.1. The van der Waals surface area contributed by atoms with Gasteiger partial charge in [0.2, 0.25) is 0 Å². The molecule has 0 aliphatic heterocycles. The summed E-state index contributed by atoms with van der Waals surface area (Å²) in [6.07, 6.45) is 4.39. The predicted molar refractivity (Wildman–Crippen MR) is 78.7 cm³/mol. The van der Waals surface area contributed by atoms with Crippen molar-refractivity contribution in [1.82, 2.24) is 5.32 Å². The van der Waals surface area contributed by atoms with Gasteiger partial charge in [-0.05, 0) is 44.0 Å². The smallest absolute Gasteiger partial charge is 0.251 e. The molecule has 1 atom stereocenters. The van der Waals surface area contributed by atoms with Crippen LogP contribution in [0.1, 0.15) is 56.8 Å². The van der Waals surface area contributed by atoms with E-state index >= 15 is 0 Å². The Hall–Kier alpha value is -1.51. The molecule has 106 valence electrons. The third-order valence-electron chi connectivity index (χ3n) is 3.12. The van der Waals surface area contributed by atoms with E-state index in [1.807, 2.05) is 31.2 Å². The molecule has 3 nitrogen and oxygen atoms in total. The van der Waals surface area contributed by atoms with E-state index in [-0.39, 0.29) is 11.9 Å². The van der Waals surface area contributed by atoms with E-state index in [1.165, 1.54) is 12.8 Å². The minimum atomic E-state index is -0.0214. The SMILES string of the molecule is CCCCCOc1ccc(C(=O)NC(C)CC)cc1. The van der Waals surface area contributed by atoms with Crippen molar-refractivity contribution in [3.8, 4) is 5.75 Å². The fraction of sp³-hybridized carbons (Fsp3) is 0.562. The van der Waals surface area contributed by atoms with Crippen LogP contribution in [0.25, 0.3) is 0 Å². The molecule has 0 heterocycles. The number of carbonyl (C=O) groups is 1. The van der Waals surface area contributed by atoms with Gasteiger partial charge in [-0.25, -0.2) is 0 Å². The molecule has 0 fully saturated rings. The Morgan fingerprint density at radius 2 is 1.89 bits per heavy atom. The first-order chi connectivity index (χ1) is 9.17. The number of carbonyl (C=O) groups excluding carboxylic acids is 1. The van der Waals surface area contributed by atoms with Crippen LogP contribution in [0.2, 0.25) is 0 Å². The molecule has 0 saturated heterocycles. The highest BCUT2D eigenvalue weighted by Crippen LogP contribution is 2.13. The molecule has 0 spiro atoms. The number of benzene rings is 1. The highest BCUT2D eigenvalue weighted by molar-refractivity contribution is 5.94. The van der Waals surface area contributed by atoms with Crippen LogP contribution >= 0.6 is 0 Å². The number of hydrogen-bond donors (Lipinski definition) is 1. The molecule has 0 saturated carbocycles. The van der Waals surface area contributed by atoms with Gasteiger partial charge in [0.15, 0.2) is 0 Å². The fourth-order valence-electron chi connectivity index (χ4n) is 1.65. The summed E-state index contributed by atoms with van der Waals surface area (Å²) >= 11 is 0. The predicted octanol–water partition coefficient (Wildman–Crippen LogP) is 3.78. The molecule has 19 heavy (non-hydrogen) atoms. The number of amides is 1. The maximum absolute atomic E-state index is 11.9. The maximum Gasteiger partial charge on any atom is 0.251 e. The number of ether oxygens (including phenoxy) is 1. The Morgan fingerprint density at radius 1 is 1.21 bits per heavy atom. The fourth-order valence-corrected chi connectivity index (χ4v) is 1.65. The zero-order valence-electron chi connectivity index (χ0n) is 12.2. The molecule has 0 radical (unpaired) electrons. The van der Waals surface area contributed by atoms with Gasteiger partial charge in [0.25, 0.3) is 5.91 Å². The molecule has 0 aliphatic rings. The second kappa shape index (κ2) is 8.57. The molecular formula is C16H25NO2. The highest BCUT2D eigenvalue weighted by Gasteiger charge is 2.08. The van der Waals surface area contributed by atoms with Gasteiger partial charge in [0, 0.05) is 11.6 Å². The highest BCUT2D eigenvalue weighted by atomic mass is 16.5. The van der Waals surface area contributed by atoms with Gasteiger partial charge < -0.3 is 10.1 Å². The summed E-state index contributed by atoms with van der Waals surface area (Å²) in [5.41, 5.74) is 0.682. The lowest BCUT2D eigenvalue weighted by Gasteiger charge is -2.11. The quantitative estimate of drug-likeness (QED) is 0.725. The van der Waals surface area contributed by atoms with Gasteiger partial charge in [-0.2, -0.15) is 0 Å². The molecule has 0 bridgehead atoms. The van der Waals surface area contributed by atoms with E-state index in [4.69, 9.17) is 4.74 Å². The second-order valence-electron chi connectivity index (χ2n) is 4.86. The Bertz CT molecular complexity index is 373. The first-order valence-corrected chi connectivity index (χ1v) is 7.21.